The van der Waals surface area contributed by atoms with E-state index in [2.05, 4.69) is 54.1 Å². The highest BCUT2D eigenvalue weighted by Gasteiger charge is 2.23. The quantitative estimate of drug-likeness (QED) is 0.181. The number of ketones is 1. The third-order valence-corrected chi connectivity index (χ3v) is 7.19. The number of carbonyl (C=O) groups is 1. The summed E-state index contributed by atoms with van der Waals surface area (Å²) >= 11 is 0. The number of nitrogens with zero attached hydrogens (tertiary/aromatic N) is 2. The molecule has 1 aliphatic rings. The molecule has 0 unspecified atom stereocenters. The molecule has 0 spiro atoms. The van der Waals surface area contributed by atoms with Gasteiger partial charge in [-0.3, -0.25) is 14.9 Å². The lowest BCUT2D eigenvalue weighted by molar-refractivity contribution is -0.384. The molecule has 1 heterocycles. The normalized spacial score (nSPS) is 14.0. The number of hydrogen-bond donors (Lipinski definition) is 1. The van der Waals surface area contributed by atoms with Crippen LogP contribution in [0.4, 0.5) is 5.69 Å². The maximum atomic E-state index is 13.5. The summed E-state index contributed by atoms with van der Waals surface area (Å²) in [4.78, 5) is 24.2. The first-order valence-corrected chi connectivity index (χ1v) is 13.2. The average molecular weight is 488 g/mol. The molecule has 1 aromatic heterocycles. The van der Waals surface area contributed by atoms with Crippen molar-refractivity contribution in [1.29, 1.82) is 0 Å². The van der Waals surface area contributed by atoms with Crippen LogP contribution in [-0.2, 0) is 19.4 Å². The molecule has 6 heteroatoms. The van der Waals surface area contributed by atoms with Gasteiger partial charge in [-0.25, -0.2) is 0 Å². The lowest BCUT2D eigenvalue weighted by Gasteiger charge is -2.18. The Labute approximate surface area is 213 Å². The zero-order valence-electron chi connectivity index (χ0n) is 21.4. The van der Waals surface area contributed by atoms with Crippen LogP contribution in [0.5, 0.6) is 0 Å². The molecular weight excluding hydrogens is 450 g/mol. The number of aryl methyl sites for hydroxylation is 1. The molecule has 6 nitrogen and oxygen atoms in total. The summed E-state index contributed by atoms with van der Waals surface area (Å²) in [6.45, 7) is 5.94. The molecule has 4 rings (SSSR count). The third kappa shape index (κ3) is 6.49. The Morgan fingerprint density at radius 3 is 2.44 bits per heavy atom. The molecule has 3 aromatic rings. The number of Topliss-reactive ketones (excluding diaryl/α,β-unsaturated/α-hetero) is 1. The summed E-state index contributed by atoms with van der Waals surface area (Å²) < 4.78 is 2.34. The van der Waals surface area contributed by atoms with Crippen molar-refractivity contribution in [2.24, 2.45) is 0 Å². The molecule has 1 aliphatic carbocycles. The van der Waals surface area contributed by atoms with Crippen molar-refractivity contribution in [2.45, 2.75) is 77.3 Å². The number of rotatable bonds is 12. The van der Waals surface area contributed by atoms with E-state index in [1.807, 2.05) is 12.1 Å². The first-order chi connectivity index (χ1) is 17.4. The largest absolute Gasteiger partial charge is 0.343 e. The fourth-order valence-corrected chi connectivity index (χ4v) is 5.38. The Hall–Kier alpha value is -3.25. The molecule has 0 saturated heterocycles. The first-order valence-electron chi connectivity index (χ1n) is 13.2. The van der Waals surface area contributed by atoms with Crippen molar-refractivity contribution in [3.05, 3.63) is 98.9 Å². The molecule has 36 heavy (non-hydrogen) atoms. The number of nitro groups is 1. The fourth-order valence-electron chi connectivity index (χ4n) is 5.38. The predicted octanol–water partition coefficient (Wildman–Crippen LogP) is 6.46. The molecule has 0 aliphatic heterocycles. The van der Waals surface area contributed by atoms with E-state index in [0.717, 1.165) is 36.3 Å². The van der Waals surface area contributed by atoms with Crippen LogP contribution in [0.1, 0.15) is 84.7 Å². The SMILES string of the molecule is CC(C)c1c(C(=O)CCc2cccc([N+](=O)[O-])c2)cc(CCNC2CCCC2)n1Cc1ccccc1. The minimum atomic E-state index is -0.391. The first kappa shape index (κ1) is 25.8. The van der Waals surface area contributed by atoms with Crippen molar-refractivity contribution >= 4 is 11.5 Å². The molecule has 0 amide bonds. The Kier molecular flexibility index (Phi) is 8.70. The second kappa shape index (κ2) is 12.1. The van der Waals surface area contributed by atoms with Crippen LogP contribution >= 0.6 is 0 Å². The summed E-state index contributed by atoms with van der Waals surface area (Å²) in [5.41, 5.74) is 5.16. The van der Waals surface area contributed by atoms with Crippen molar-refractivity contribution in [3.63, 3.8) is 0 Å². The Bertz CT molecular complexity index is 1180. The van der Waals surface area contributed by atoms with Gasteiger partial charge in [0.05, 0.1) is 4.92 Å². The molecule has 1 N–H and O–H groups in total. The van der Waals surface area contributed by atoms with Gasteiger partial charge in [-0.1, -0.05) is 69.2 Å². The van der Waals surface area contributed by atoms with Crippen molar-refractivity contribution < 1.29 is 9.72 Å². The zero-order chi connectivity index (χ0) is 25.5. The van der Waals surface area contributed by atoms with Gasteiger partial charge in [-0.2, -0.15) is 0 Å². The van der Waals surface area contributed by atoms with E-state index in [4.69, 9.17) is 0 Å². The van der Waals surface area contributed by atoms with E-state index in [1.165, 1.54) is 43.0 Å². The minimum Gasteiger partial charge on any atom is -0.343 e. The van der Waals surface area contributed by atoms with Crippen LogP contribution in [0.2, 0.25) is 0 Å². The van der Waals surface area contributed by atoms with Crippen LogP contribution in [-0.4, -0.2) is 27.9 Å². The molecule has 1 fully saturated rings. The van der Waals surface area contributed by atoms with Gasteiger partial charge in [-0.15, -0.1) is 0 Å². The number of carbonyl (C=O) groups excluding carboxylic acids is 1. The second-order valence-electron chi connectivity index (χ2n) is 10.2. The summed E-state index contributed by atoms with van der Waals surface area (Å²) in [7, 11) is 0. The minimum absolute atomic E-state index is 0.0638. The smallest absolute Gasteiger partial charge is 0.269 e. The van der Waals surface area contributed by atoms with Crippen LogP contribution in [0.25, 0.3) is 0 Å². The van der Waals surface area contributed by atoms with Crippen molar-refractivity contribution in [3.8, 4) is 0 Å². The standard InChI is InChI=1S/C30H37N3O3/c1-22(2)30-28(29(34)16-15-23-11-8-14-27(19-23)33(35)36)20-26(17-18-31-25-12-6-7-13-25)32(30)21-24-9-4-3-5-10-24/h3-5,8-11,14,19-20,22,25,31H,6-7,12-13,15-18,21H2,1-2H3. The number of non-ortho nitro benzene ring substituents is 1. The van der Waals surface area contributed by atoms with Crippen LogP contribution < -0.4 is 5.32 Å². The molecule has 0 radical (unpaired) electrons. The Morgan fingerprint density at radius 2 is 1.75 bits per heavy atom. The Morgan fingerprint density at radius 1 is 1.03 bits per heavy atom. The van der Waals surface area contributed by atoms with Gasteiger partial charge in [0.15, 0.2) is 5.78 Å². The number of nitro benzene ring substituents is 1. The summed E-state index contributed by atoms with van der Waals surface area (Å²) in [6.07, 6.45) is 6.82. The van der Waals surface area contributed by atoms with Crippen molar-refractivity contribution in [1.82, 2.24) is 9.88 Å². The molecule has 2 aromatic carbocycles. The predicted molar refractivity (Wildman–Crippen MR) is 144 cm³/mol. The van der Waals surface area contributed by atoms with Gasteiger partial charge in [0.1, 0.15) is 0 Å². The van der Waals surface area contributed by atoms with Crippen LogP contribution in [0, 0.1) is 10.1 Å². The topological polar surface area (TPSA) is 77.2 Å². The second-order valence-corrected chi connectivity index (χ2v) is 10.2. The third-order valence-electron chi connectivity index (χ3n) is 7.19. The number of aromatic nitrogens is 1. The Balaban J connectivity index is 1.57. The van der Waals surface area contributed by atoms with Gasteiger partial charge in [0, 0.05) is 61.1 Å². The lowest BCUT2D eigenvalue weighted by atomic mass is 9.98. The summed E-state index contributed by atoms with van der Waals surface area (Å²) in [6, 6.07) is 19.7. The molecule has 190 valence electrons. The maximum Gasteiger partial charge on any atom is 0.269 e. The molecule has 1 saturated carbocycles. The average Bonchev–Trinajstić information content (AvgIpc) is 3.52. The van der Waals surface area contributed by atoms with E-state index < -0.39 is 4.92 Å². The highest BCUT2D eigenvalue weighted by Crippen LogP contribution is 2.28. The monoisotopic (exact) mass is 487 g/mol. The number of hydrogen-bond acceptors (Lipinski definition) is 4. The van der Waals surface area contributed by atoms with Gasteiger partial charge >= 0.3 is 0 Å². The van der Waals surface area contributed by atoms with Crippen LogP contribution in [0.3, 0.4) is 0 Å². The molecule has 0 bridgehead atoms. The van der Waals surface area contributed by atoms with E-state index in [1.54, 1.807) is 12.1 Å². The van der Waals surface area contributed by atoms with Gasteiger partial charge < -0.3 is 9.88 Å². The lowest BCUT2D eigenvalue weighted by Crippen LogP contribution is -2.28. The van der Waals surface area contributed by atoms with Gasteiger partial charge in [0.25, 0.3) is 5.69 Å². The highest BCUT2D eigenvalue weighted by atomic mass is 16.6. The molecular formula is C30H37N3O3. The number of benzene rings is 2. The summed E-state index contributed by atoms with van der Waals surface area (Å²) in [5, 5.41) is 14.8. The van der Waals surface area contributed by atoms with E-state index >= 15 is 0 Å². The molecule has 0 atom stereocenters. The highest BCUT2D eigenvalue weighted by molar-refractivity contribution is 5.98. The van der Waals surface area contributed by atoms with Gasteiger partial charge in [0.2, 0.25) is 0 Å². The number of nitrogens with one attached hydrogen (secondary N) is 1. The van der Waals surface area contributed by atoms with E-state index in [0.29, 0.717) is 18.9 Å². The van der Waals surface area contributed by atoms with Crippen LogP contribution in [0.15, 0.2) is 60.7 Å². The van der Waals surface area contributed by atoms with Gasteiger partial charge in [-0.05, 0) is 42.4 Å². The van der Waals surface area contributed by atoms with Crippen molar-refractivity contribution in [2.75, 3.05) is 6.54 Å². The van der Waals surface area contributed by atoms with E-state index in [-0.39, 0.29) is 17.4 Å². The summed E-state index contributed by atoms with van der Waals surface area (Å²) in [5.74, 6) is 0.295. The van der Waals surface area contributed by atoms with E-state index in [9.17, 15) is 14.9 Å². The fraction of sp³-hybridized carbons (Fsp3) is 0.433. The zero-order valence-corrected chi connectivity index (χ0v) is 21.4. The maximum absolute atomic E-state index is 13.5.